The number of imide groups is 1. The van der Waals surface area contributed by atoms with Gasteiger partial charge in [-0.15, -0.1) is 0 Å². The van der Waals surface area contributed by atoms with E-state index in [-0.39, 0.29) is 0 Å². The fraction of sp³-hybridized carbons (Fsp3) is 0.818. The standard InChI is InChI=1S/C11H15F3N2O3S/c12-11(13,14)5-7(17)6-16-8(18)10(15-9(16)19)1-3-20-4-2-10/h7,17H,1-6H2,(H,15,19)/t7-/m1/s1. The number of nitrogens with one attached hydrogen (secondary N) is 1. The van der Waals surface area contributed by atoms with Crippen molar-refractivity contribution in [1.82, 2.24) is 10.2 Å². The first kappa shape index (κ1) is 15.4. The summed E-state index contributed by atoms with van der Waals surface area (Å²) in [5, 5.41) is 11.9. The molecule has 2 fully saturated rings. The molecule has 0 unspecified atom stereocenters. The minimum absolute atomic E-state index is 0.466. The summed E-state index contributed by atoms with van der Waals surface area (Å²) in [7, 11) is 0. The van der Waals surface area contributed by atoms with Gasteiger partial charge in [-0.25, -0.2) is 4.79 Å². The Kier molecular flexibility index (Phi) is 4.19. The van der Waals surface area contributed by atoms with Gasteiger partial charge in [0.05, 0.1) is 19.1 Å². The summed E-state index contributed by atoms with van der Waals surface area (Å²) in [6.45, 7) is -0.626. The largest absolute Gasteiger partial charge is 0.391 e. The summed E-state index contributed by atoms with van der Waals surface area (Å²) in [5.74, 6) is 0.902. The molecule has 9 heteroatoms. The first-order chi connectivity index (χ1) is 9.23. The van der Waals surface area contributed by atoms with Crippen molar-refractivity contribution >= 4 is 23.7 Å². The van der Waals surface area contributed by atoms with E-state index < -0.39 is 42.7 Å². The van der Waals surface area contributed by atoms with Gasteiger partial charge in [-0.05, 0) is 24.3 Å². The van der Waals surface area contributed by atoms with Crippen LogP contribution < -0.4 is 5.32 Å². The Morgan fingerprint density at radius 2 is 1.95 bits per heavy atom. The predicted octanol–water partition coefficient (Wildman–Crippen LogP) is 1.12. The Bertz CT molecular complexity index is 410. The summed E-state index contributed by atoms with van der Waals surface area (Å²) < 4.78 is 36.5. The molecule has 0 aliphatic carbocycles. The van der Waals surface area contributed by atoms with E-state index in [4.69, 9.17) is 0 Å². The van der Waals surface area contributed by atoms with Crippen molar-refractivity contribution in [1.29, 1.82) is 0 Å². The van der Waals surface area contributed by atoms with Crippen LogP contribution in [0.1, 0.15) is 19.3 Å². The van der Waals surface area contributed by atoms with Crippen molar-refractivity contribution in [3.05, 3.63) is 0 Å². The van der Waals surface area contributed by atoms with Gasteiger partial charge in [-0.2, -0.15) is 24.9 Å². The number of aliphatic hydroxyl groups is 1. The average Bonchev–Trinajstić information content (AvgIpc) is 2.53. The second kappa shape index (κ2) is 5.44. The Morgan fingerprint density at radius 1 is 1.35 bits per heavy atom. The van der Waals surface area contributed by atoms with E-state index in [0.29, 0.717) is 29.2 Å². The molecule has 114 valence electrons. The van der Waals surface area contributed by atoms with Gasteiger partial charge in [0.25, 0.3) is 5.91 Å². The highest BCUT2D eigenvalue weighted by molar-refractivity contribution is 7.99. The Balaban J connectivity index is 2.02. The lowest BCUT2D eigenvalue weighted by Gasteiger charge is -2.30. The molecule has 2 saturated heterocycles. The maximum atomic E-state index is 12.2. The van der Waals surface area contributed by atoms with Crippen LogP contribution in [-0.2, 0) is 4.79 Å². The number of hydrogen-bond acceptors (Lipinski definition) is 4. The van der Waals surface area contributed by atoms with Gasteiger partial charge < -0.3 is 10.4 Å². The molecule has 20 heavy (non-hydrogen) atoms. The van der Waals surface area contributed by atoms with Crippen molar-refractivity contribution in [2.24, 2.45) is 0 Å². The van der Waals surface area contributed by atoms with E-state index in [2.05, 4.69) is 5.32 Å². The first-order valence-corrected chi connectivity index (χ1v) is 7.36. The van der Waals surface area contributed by atoms with Gasteiger partial charge in [-0.1, -0.05) is 0 Å². The topological polar surface area (TPSA) is 69.6 Å². The first-order valence-electron chi connectivity index (χ1n) is 6.20. The molecule has 2 aliphatic heterocycles. The molecule has 0 bridgehead atoms. The quantitative estimate of drug-likeness (QED) is 0.766. The number of carbonyl (C=O) groups excluding carboxylic acids is 2. The molecule has 2 aliphatic rings. The third-order valence-corrected chi connectivity index (χ3v) is 4.44. The SMILES string of the molecule is O=C1NC2(CCSCC2)C(=O)N1C[C@H](O)CC(F)(F)F. The number of urea groups is 1. The summed E-state index contributed by atoms with van der Waals surface area (Å²) in [6, 6.07) is -0.719. The zero-order chi connectivity index (χ0) is 15.0. The molecular formula is C11H15F3N2O3S. The zero-order valence-electron chi connectivity index (χ0n) is 10.6. The molecule has 2 rings (SSSR count). The highest BCUT2D eigenvalue weighted by Gasteiger charge is 2.52. The van der Waals surface area contributed by atoms with Gasteiger partial charge in [0.1, 0.15) is 5.54 Å². The van der Waals surface area contributed by atoms with Crippen LogP contribution in [0.4, 0.5) is 18.0 Å². The number of alkyl halides is 3. The molecule has 3 amide bonds. The smallest absolute Gasteiger partial charge is 0.391 e. The van der Waals surface area contributed by atoms with Crippen LogP contribution >= 0.6 is 11.8 Å². The number of nitrogens with zero attached hydrogens (tertiary/aromatic N) is 1. The molecule has 5 nitrogen and oxygen atoms in total. The molecule has 0 aromatic carbocycles. The van der Waals surface area contributed by atoms with E-state index in [1.54, 1.807) is 11.8 Å². The molecule has 0 aromatic heterocycles. The minimum Gasteiger partial charge on any atom is -0.391 e. The van der Waals surface area contributed by atoms with E-state index >= 15 is 0 Å². The maximum absolute atomic E-state index is 12.2. The Labute approximate surface area is 117 Å². The van der Waals surface area contributed by atoms with Crippen molar-refractivity contribution in [3.8, 4) is 0 Å². The fourth-order valence-corrected chi connectivity index (χ4v) is 3.63. The lowest BCUT2D eigenvalue weighted by Crippen LogP contribution is -2.50. The number of β-amino-alcohol motifs (C(OH)–C–C–N with tert-alkyl or cyclic N) is 1. The highest BCUT2D eigenvalue weighted by atomic mass is 32.2. The lowest BCUT2D eigenvalue weighted by molar-refractivity contribution is -0.156. The number of hydrogen-bond donors (Lipinski definition) is 2. The number of amides is 3. The van der Waals surface area contributed by atoms with Crippen LogP contribution in [0, 0.1) is 0 Å². The average molecular weight is 312 g/mol. The van der Waals surface area contributed by atoms with Gasteiger partial charge >= 0.3 is 12.2 Å². The van der Waals surface area contributed by atoms with Crippen LogP contribution in [0.5, 0.6) is 0 Å². The van der Waals surface area contributed by atoms with Crippen molar-refractivity contribution in [3.63, 3.8) is 0 Å². The molecule has 2 N–H and O–H groups in total. The molecule has 1 spiro atoms. The number of carbonyl (C=O) groups is 2. The number of thioether (sulfide) groups is 1. The van der Waals surface area contributed by atoms with Crippen LogP contribution in [0.3, 0.4) is 0 Å². The summed E-state index contributed by atoms with van der Waals surface area (Å²) in [6.07, 6.45) is -6.83. The van der Waals surface area contributed by atoms with E-state index in [0.717, 1.165) is 0 Å². The highest BCUT2D eigenvalue weighted by Crippen LogP contribution is 2.33. The third kappa shape index (κ3) is 3.20. The molecule has 1 atom stereocenters. The molecule has 0 radical (unpaired) electrons. The van der Waals surface area contributed by atoms with Crippen molar-refractivity contribution in [2.45, 2.75) is 37.1 Å². The van der Waals surface area contributed by atoms with Crippen LogP contribution in [0.25, 0.3) is 0 Å². The Morgan fingerprint density at radius 3 is 2.50 bits per heavy atom. The number of halogens is 3. The van der Waals surface area contributed by atoms with Crippen LogP contribution in [0.2, 0.25) is 0 Å². The lowest BCUT2D eigenvalue weighted by atomic mass is 9.92. The van der Waals surface area contributed by atoms with Gasteiger partial charge in [-0.3, -0.25) is 9.69 Å². The van der Waals surface area contributed by atoms with Crippen LogP contribution in [-0.4, -0.2) is 57.8 Å². The predicted molar refractivity (Wildman–Crippen MR) is 66.2 cm³/mol. The number of aliphatic hydroxyl groups excluding tert-OH is 1. The van der Waals surface area contributed by atoms with E-state index in [1.165, 1.54) is 0 Å². The van der Waals surface area contributed by atoms with E-state index in [1.807, 2.05) is 0 Å². The van der Waals surface area contributed by atoms with Gasteiger partial charge in [0.15, 0.2) is 0 Å². The minimum atomic E-state index is -4.53. The van der Waals surface area contributed by atoms with E-state index in [9.17, 15) is 27.9 Å². The zero-order valence-corrected chi connectivity index (χ0v) is 11.4. The fourth-order valence-electron chi connectivity index (χ4n) is 2.44. The molecular weight excluding hydrogens is 297 g/mol. The molecule has 2 heterocycles. The summed E-state index contributed by atoms with van der Waals surface area (Å²) in [4.78, 5) is 24.7. The second-order valence-electron chi connectivity index (χ2n) is 5.01. The van der Waals surface area contributed by atoms with Gasteiger partial charge in [0, 0.05) is 0 Å². The van der Waals surface area contributed by atoms with Crippen LogP contribution in [0.15, 0.2) is 0 Å². The second-order valence-corrected chi connectivity index (χ2v) is 6.24. The van der Waals surface area contributed by atoms with Crippen molar-refractivity contribution in [2.75, 3.05) is 18.1 Å². The normalized spacial score (nSPS) is 24.1. The number of rotatable bonds is 3. The third-order valence-electron chi connectivity index (χ3n) is 3.45. The maximum Gasteiger partial charge on any atom is 0.391 e. The molecule has 0 aromatic rings. The monoisotopic (exact) mass is 312 g/mol. The molecule has 0 saturated carbocycles. The summed E-state index contributed by atoms with van der Waals surface area (Å²) >= 11 is 1.66. The van der Waals surface area contributed by atoms with Gasteiger partial charge in [0.2, 0.25) is 0 Å². The van der Waals surface area contributed by atoms with Crippen molar-refractivity contribution < 1.29 is 27.9 Å². The summed E-state index contributed by atoms with van der Waals surface area (Å²) in [5.41, 5.74) is -0.986. The Hall–Kier alpha value is -0.960.